The van der Waals surface area contributed by atoms with Crippen LogP contribution < -0.4 is 10.1 Å². The van der Waals surface area contributed by atoms with Gasteiger partial charge in [-0.25, -0.2) is 9.97 Å². The minimum Gasteiger partial charge on any atom is -0.493 e. The van der Waals surface area contributed by atoms with Crippen LogP contribution in [0.3, 0.4) is 0 Å². The lowest BCUT2D eigenvalue weighted by Crippen LogP contribution is -2.13. The lowest BCUT2D eigenvalue weighted by atomic mass is 10.1. The molecule has 0 saturated heterocycles. The molecule has 2 aromatic heterocycles. The largest absolute Gasteiger partial charge is 0.493 e. The smallest absolute Gasteiger partial charge is 0.276 e. The zero-order valence-corrected chi connectivity index (χ0v) is 20.0. The Balaban J connectivity index is 1.36. The van der Waals surface area contributed by atoms with E-state index in [9.17, 15) is 4.79 Å². The monoisotopic (exact) mass is 480 g/mol. The van der Waals surface area contributed by atoms with Crippen LogP contribution in [-0.4, -0.2) is 27.5 Å². The molecule has 6 nitrogen and oxygen atoms in total. The highest BCUT2D eigenvalue weighted by molar-refractivity contribution is 7.13. The van der Waals surface area contributed by atoms with Gasteiger partial charge in [-0.3, -0.25) is 10.1 Å². The fourth-order valence-electron chi connectivity index (χ4n) is 3.68. The number of thiazole rings is 1. The van der Waals surface area contributed by atoms with Crippen molar-refractivity contribution in [2.24, 2.45) is 0 Å². The molecule has 3 aromatic carbocycles. The third-order valence-corrected chi connectivity index (χ3v) is 6.23. The quantitative estimate of drug-likeness (QED) is 0.270. The number of carbonyl (C=O) groups is 1. The Morgan fingerprint density at radius 1 is 0.971 bits per heavy atom. The molecule has 0 aliphatic rings. The van der Waals surface area contributed by atoms with Crippen LogP contribution in [0.5, 0.6) is 5.75 Å². The molecule has 174 valence electrons. The number of benzene rings is 3. The first-order chi connectivity index (χ1) is 17.2. The molecule has 0 aliphatic carbocycles. The molecule has 7 heteroatoms. The van der Waals surface area contributed by atoms with E-state index in [1.807, 2.05) is 79.0 Å². The Kier molecular flexibility index (Phi) is 6.68. The van der Waals surface area contributed by atoms with Gasteiger partial charge >= 0.3 is 0 Å². The fraction of sp³-hybridized carbons (Fsp3) is 0.107. The minimum atomic E-state index is -0.282. The third kappa shape index (κ3) is 5.47. The third-order valence-electron chi connectivity index (χ3n) is 5.54. The van der Waals surface area contributed by atoms with E-state index in [4.69, 9.17) is 9.72 Å². The number of amides is 1. The summed E-state index contributed by atoms with van der Waals surface area (Å²) in [5.74, 6) is 1.12. The summed E-state index contributed by atoms with van der Waals surface area (Å²) in [6.07, 6.45) is 2.50. The maximum Gasteiger partial charge on any atom is 0.276 e. The highest BCUT2D eigenvalue weighted by atomic mass is 32.1. The van der Waals surface area contributed by atoms with Gasteiger partial charge in [0.15, 0.2) is 5.13 Å². The second kappa shape index (κ2) is 10.4. The van der Waals surface area contributed by atoms with Gasteiger partial charge < -0.3 is 9.72 Å². The van der Waals surface area contributed by atoms with Crippen molar-refractivity contribution in [1.82, 2.24) is 15.0 Å². The van der Waals surface area contributed by atoms with E-state index in [1.165, 1.54) is 16.9 Å². The van der Waals surface area contributed by atoms with Crippen LogP contribution in [-0.2, 0) is 6.42 Å². The Hall–Kier alpha value is -4.23. The van der Waals surface area contributed by atoms with Gasteiger partial charge in [0, 0.05) is 29.1 Å². The summed E-state index contributed by atoms with van der Waals surface area (Å²) in [5.41, 5.74) is 5.10. The van der Waals surface area contributed by atoms with Crippen LogP contribution in [0.1, 0.15) is 21.6 Å². The van der Waals surface area contributed by atoms with Gasteiger partial charge in [0.05, 0.1) is 6.61 Å². The molecule has 0 unspecified atom stereocenters. The molecule has 2 N–H and O–H groups in total. The second-order valence-corrected chi connectivity index (χ2v) is 8.97. The van der Waals surface area contributed by atoms with Gasteiger partial charge in [0.2, 0.25) is 0 Å². The average Bonchev–Trinajstić information content (AvgIpc) is 3.56. The molecule has 0 radical (unpaired) electrons. The summed E-state index contributed by atoms with van der Waals surface area (Å²) in [7, 11) is 0. The minimum absolute atomic E-state index is 0.282. The molecule has 35 heavy (non-hydrogen) atoms. The van der Waals surface area contributed by atoms with E-state index in [-0.39, 0.29) is 5.91 Å². The lowest BCUT2D eigenvalue weighted by Gasteiger charge is -2.07. The lowest BCUT2D eigenvalue weighted by molar-refractivity contribution is 0.102. The van der Waals surface area contributed by atoms with E-state index >= 15 is 0 Å². The standard InChI is InChI=1S/C28H24N4O2S/c1-19-7-9-21(10-8-19)24-25(27(33)32-28-29-16-18-35-28)31-26(30-24)22-11-13-23(14-12-22)34-17-15-20-5-3-2-4-6-20/h2-14,16,18H,15,17H2,1H3,(H,30,31)(H,29,32,33). The van der Waals surface area contributed by atoms with E-state index < -0.39 is 0 Å². The summed E-state index contributed by atoms with van der Waals surface area (Å²) >= 11 is 1.37. The highest BCUT2D eigenvalue weighted by Gasteiger charge is 2.20. The Morgan fingerprint density at radius 2 is 1.71 bits per heavy atom. The van der Waals surface area contributed by atoms with Crippen molar-refractivity contribution >= 4 is 22.4 Å². The van der Waals surface area contributed by atoms with Gasteiger partial charge in [-0.15, -0.1) is 11.3 Å². The Labute approximate surface area is 207 Å². The van der Waals surface area contributed by atoms with Crippen molar-refractivity contribution < 1.29 is 9.53 Å². The number of ether oxygens (including phenoxy) is 1. The van der Waals surface area contributed by atoms with Crippen LogP contribution in [0.15, 0.2) is 90.4 Å². The van der Waals surface area contributed by atoms with Crippen LogP contribution >= 0.6 is 11.3 Å². The van der Waals surface area contributed by atoms with Crippen molar-refractivity contribution in [3.05, 3.63) is 107 Å². The van der Waals surface area contributed by atoms with E-state index in [0.717, 1.165) is 28.9 Å². The van der Waals surface area contributed by atoms with Crippen LogP contribution in [0.4, 0.5) is 5.13 Å². The molecule has 0 atom stereocenters. The van der Waals surface area contributed by atoms with Gasteiger partial charge in [-0.05, 0) is 36.8 Å². The maximum atomic E-state index is 13.1. The molecule has 0 spiro atoms. The van der Waals surface area contributed by atoms with E-state index in [0.29, 0.717) is 29.0 Å². The van der Waals surface area contributed by atoms with Crippen molar-refractivity contribution in [3.63, 3.8) is 0 Å². The van der Waals surface area contributed by atoms with Crippen molar-refractivity contribution in [2.45, 2.75) is 13.3 Å². The van der Waals surface area contributed by atoms with Crippen molar-refractivity contribution in [2.75, 3.05) is 11.9 Å². The fourth-order valence-corrected chi connectivity index (χ4v) is 4.20. The number of aromatic nitrogens is 3. The number of aryl methyl sites for hydroxylation is 1. The second-order valence-electron chi connectivity index (χ2n) is 8.07. The first-order valence-corrected chi connectivity index (χ1v) is 12.2. The van der Waals surface area contributed by atoms with Crippen molar-refractivity contribution in [3.8, 4) is 28.4 Å². The topological polar surface area (TPSA) is 79.9 Å². The van der Waals surface area contributed by atoms with Gasteiger partial charge in [0.25, 0.3) is 5.91 Å². The molecule has 5 rings (SSSR count). The number of hydrogen-bond acceptors (Lipinski definition) is 5. The summed E-state index contributed by atoms with van der Waals surface area (Å²) in [6.45, 7) is 2.63. The van der Waals surface area contributed by atoms with E-state index in [2.05, 4.69) is 27.4 Å². The number of hydrogen-bond donors (Lipinski definition) is 2. The Morgan fingerprint density at radius 3 is 2.43 bits per heavy atom. The molecule has 0 aliphatic heterocycles. The predicted molar refractivity (Wildman–Crippen MR) is 140 cm³/mol. The number of rotatable bonds is 8. The predicted octanol–water partition coefficient (Wildman–Crippen LogP) is 6.38. The number of anilines is 1. The Bertz CT molecular complexity index is 1390. The van der Waals surface area contributed by atoms with E-state index in [1.54, 1.807) is 6.20 Å². The zero-order valence-electron chi connectivity index (χ0n) is 19.2. The molecule has 0 saturated carbocycles. The normalized spacial score (nSPS) is 10.8. The summed E-state index contributed by atoms with van der Waals surface area (Å²) in [5, 5.41) is 5.21. The molecule has 1 amide bonds. The SMILES string of the molecule is Cc1ccc(-c2nc(-c3ccc(OCCc4ccccc4)cc3)[nH]c2C(=O)Nc2nccs2)cc1. The summed E-state index contributed by atoms with van der Waals surface area (Å²) in [4.78, 5) is 25.2. The van der Waals surface area contributed by atoms with Crippen molar-refractivity contribution in [1.29, 1.82) is 0 Å². The average molecular weight is 481 g/mol. The number of nitrogens with zero attached hydrogens (tertiary/aromatic N) is 2. The summed E-state index contributed by atoms with van der Waals surface area (Å²) in [6, 6.07) is 25.9. The van der Waals surface area contributed by atoms with Crippen LogP contribution in [0, 0.1) is 6.92 Å². The van der Waals surface area contributed by atoms with Gasteiger partial charge in [-0.1, -0.05) is 60.2 Å². The first kappa shape index (κ1) is 22.6. The molecule has 0 fully saturated rings. The molecular formula is C28H24N4O2S. The number of carbonyl (C=O) groups excluding carboxylic acids is 1. The zero-order chi connectivity index (χ0) is 24.0. The van der Waals surface area contributed by atoms with Crippen LogP contribution in [0.25, 0.3) is 22.6 Å². The van der Waals surface area contributed by atoms with Gasteiger partial charge in [0.1, 0.15) is 23.0 Å². The number of aromatic amines is 1. The van der Waals surface area contributed by atoms with Crippen LogP contribution in [0.2, 0.25) is 0 Å². The first-order valence-electron chi connectivity index (χ1n) is 11.3. The number of imidazole rings is 1. The molecule has 2 heterocycles. The highest BCUT2D eigenvalue weighted by Crippen LogP contribution is 2.28. The number of H-pyrrole nitrogens is 1. The summed E-state index contributed by atoms with van der Waals surface area (Å²) < 4.78 is 5.91. The molecule has 0 bridgehead atoms. The molecule has 5 aromatic rings. The maximum absolute atomic E-state index is 13.1. The number of nitrogens with one attached hydrogen (secondary N) is 2. The molecular weight excluding hydrogens is 456 g/mol. The van der Waals surface area contributed by atoms with Gasteiger partial charge in [-0.2, -0.15) is 0 Å².